The number of phenols is 1. The van der Waals surface area contributed by atoms with Crippen LogP contribution in [0.15, 0.2) is 28.0 Å². The number of hydrogen-bond acceptors (Lipinski definition) is 8. The molecule has 0 spiro atoms. The number of amides is 1. The number of phenolic OH excluding ortho intramolecular Hbond substituents is 1. The van der Waals surface area contributed by atoms with Crippen molar-refractivity contribution in [2.45, 2.75) is 23.6 Å². The van der Waals surface area contributed by atoms with Gasteiger partial charge in [-0.3, -0.25) is 9.35 Å². The fourth-order valence-corrected chi connectivity index (χ4v) is 3.19. The van der Waals surface area contributed by atoms with Gasteiger partial charge in [0.1, 0.15) is 5.75 Å². The van der Waals surface area contributed by atoms with Crippen LogP contribution in [-0.2, 0) is 24.3 Å². The Balaban J connectivity index is 2.82. The maximum atomic E-state index is 11.4. The molecule has 0 aliphatic carbocycles. The van der Waals surface area contributed by atoms with Crippen LogP contribution in [0.4, 0.5) is 5.69 Å². The second-order valence-electron chi connectivity index (χ2n) is 4.80. The maximum absolute atomic E-state index is 11.4. The molecule has 130 valence electrons. The van der Waals surface area contributed by atoms with Crippen molar-refractivity contribution >= 4 is 44.5 Å². The largest absolute Gasteiger partial charge is 0.507 e. The van der Waals surface area contributed by atoms with E-state index in [-0.39, 0.29) is 22.2 Å². The molecule has 0 aliphatic rings. The monoisotopic (exact) mass is 375 g/mol. The number of nitrogens with one attached hydrogen (secondary N) is 1. The number of carbonyl (C=O) groups is 1. The third kappa shape index (κ3) is 3.77. The standard InChI is InChI=1S/C13H13NO8S2/c1-6-11(23-22-21-17)4-8-3-9(24(18,19)20)5-10(14-7(2)15)12(8)13(6)16/h3-5,16-17H,1-2H3,(H,14,15)(H,18,19,20). The third-order valence-corrected chi connectivity index (χ3v) is 4.72. The molecule has 0 aromatic heterocycles. The van der Waals surface area contributed by atoms with Gasteiger partial charge in [0, 0.05) is 22.8 Å². The minimum atomic E-state index is -4.54. The van der Waals surface area contributed by atoms with Gasteiger partial charge in [0.15, 0.2) is 0 Å². The van der Waals surface area contributed by atoms with E-state index in [1.165, 1.54) is 13.0 Å². The lowest BCUT2D eigenvalue weighted by molar-refractivity contribution is -0.432. The molecule has 2 aromatic rings. The molecule has 0 saturated carbocycles. The molecule has 0 saturated heterocycles. The summed E-state index contributed by atoms with van der Waals surface area (Å²) in [6.45, 7) is 2.76. The van der Waals surface area contributed by atoms with Crippen LogP contribution in [0.1, 0.15) is 12.5 Å². The predicted molar refractivity (Wildman–Crippen MR) is 85.1 cm³/mol. The normalized spacial score (nSPS) is 11.7. The van der Waals surface area contributed by atoms with Crippen molar-refractivity contribution in [1.82, 2.24) is 0 Å². The summed E-state index contributed by atoms with van der Waals surface area (Å²) in [5.74, 6) is -0.724. The first-order valence-corrected chi connectivity index (χ1v) is 8.53. The Labute approximate surface area is 141 Å². The van der Waals surface area contributed by atoms with E-state index in [9.17, 15) is 22.9 Å². The number of hydrogen-bond donors (Lipinski definition) is 4. The highest BCUT2D eigenvalue weighted by atomic mass is 32.2. The summed E-state index contributed by atoms with van der Waals surface area (Å²) in [4.78, 5) is 11.2. The first kappa shape index (κ1) is 18.4. The van der Waals surface area contributed by atoms with Gasteiger partial charge in [-0.05, 0) is 30.5 Å². The molecule has 4 N–H and O–H groups in total. The molecule has 0 aliphatic heterocycles. The molecule has 0 bridgehead atoms. The molecular formula is C13H13NO8S2. The van der Waals surface area contributed by atoms with Gasteiger partial charge in [0.25, 0.3) is 10.1 Å². The SMILES string of the molecule is CC(=O)Nc1cc(S(=O)(=O)O)cc2cc(SOOO)c(C)c(O)c12. The fourth-order valence-electron chi connectivity index (χ4n) is 2.14. The number of aromatic hydroxyl groups is 1. The summed E-state index contributed by atoms with van der Waals surface area (Å²) in [5.41, 5.74) is 0.361. The molecule has 9 nitrogen and oxygen atoms in total. The van der Waals surface area contributed by atoms with E-state index >= 15 is 0 Å². The van der Waals surface area contributed by atoms with Crippen LogP contribution in [0, 0.1) is 6.92 Å². The molecule has 11 heteroatoms. The molecule has 1 amide bonds. The summed E-state index contributed by atoms with van der Waals surface area (Å²) < 4.78 is 36.4. The average Bonchev–Trinajstić information content (AvgIpc) is 2.47. The zero-order valence-corrected chi connectivity index (χ0v) is 14.1. The number of carbonyl (C=O) groups excluding carboxylic acids is 1. The molecule has 0 unspecified atom stereocenters. The summed E-state index contributed by atoms with van der Waals surface area (Å²) in [6.07, 6.45) is 0. The number of fused-ring (bicyclic) bond motifs is 1. The van der Waals surface area contributed by atoms with Gasteiger partial charge >= 0.3 is 0 Å². The Morgan fingerprint density at radius 1 is 1.29 bits per heavy atom. The summed E-state index contributed by atoms with van der Waals surface area (Å²) in [5, 5.41) is 24.9. The zero-order valence-electron chi connectivity index (χ0n) is 12.4. The third-order valence-electron chi connectivity index (χ3n) is 3.15. The fraction of sp³-hybridized carbons (Fsp3) is 0.154. The van der Waals surface area contributed by atoms with E-state index < -0.39 is 20.9 Å². The second-order valence-corrected chi connectivity index (χ2v) is 6.96. The zero-order chi connectivity index (χ0) is 18.1. The topological polar surface area (TPSA) is 142 Å². The molecule has 0 fully saturated rings. The Hall–Kier alpha value is -1.89. The van der Waals surface area contributed by atoms with E-state index in [1.807, 2.05) is 0 Å². The highest BCUT2D eigenvalue weighted by Crippen LogP contribution is 2.41. The van der Waals surface area contributed by atoms with E-state index in [1.54, 1.807) is 6.92 Å². The molecular weight excluding hydrogens is 362 g/mol. The molecule has 0 radical (unpaired) electrons. The van der Waals surface area contributed by atoms with Crippen LogP contribution in [0.5, 0.6) is 5.75 Å². The summed E-state index contributed by atoms with van der Waals surface area (Å²) in [6, 6.07) is 3.60. The maximum Gasteiger partial charge on any atom is 0.294 e. The van der Waals surface area contributed by atoms with E-state index in [4.69, 9.17) is 5.26 Å². The van der Waals surface area contributed by atoms with Gasteiger partial charge < -0.3 is 10.4 Å². The first-order valence-electron chi connectivity index (χ1n) is 6.35. The van der Waals surface area contributed by atoms with Gasteiger partial charge in [-0.25, -0.2) is 5.26 Å². The number of benzene rings is 2. The highest BCUT2D eigenvalue weighted by molar-refractivity contribution is 7.94. The van der Waals surface area contributed by atoms with Gasteiger partial charge in [-0.1, -0.05) is 5.04 Å². The predicted octanol–water partition coefficient (Wildman–Crippen LogP) is 2.49. The molecule has 0 atom stereocenters. The molecule has 0 heterocycles. The van der Waals surface area contributed by atoms with Crippen LogP contribution >= 0.6 is 12.0 Å². The minimum Gasteiger partial charge on any atom is -0.507 e. The van der Waals surface area contributed by atoms with Crippen LogP contribution in [0.25, 0.3) is 10.8 Å². The van der Waals surface area contributed by atoms with Crippen LogP contribution in [0.3, 0.4) is 0 Å². The quantitative estimate of drug-likeness (QED) is 0.268. The average molecular weight is 375 g/mol. The lowest BCUT2D eigenvalue weighted by Gasteiger charge is -2.14. The van der Waals surface area contributed by atoms with Crippen molar-refractivity contribution in [3.05, 3.63) is 23.8 Å². The van der Waals surface area contributed by atoms with Crippen molar-refractivity contribution in [3.63, 3.8) is 0 Å². The van der Waals surface area contributed by atoms with E-state index in [0.29, 0.717) is 22.5 Å². The van der Waals surface area contributed by atoms with Crippen LogP contribution < -0.4 is 5.32 Å². The minimum absolute atomic E-state index is 0.0177. The number of anilines is 1. The Bertz CT molecular complexity index is 910. The van der Waals surface area contributed by atoms with Crippen molar-refractivity contribution in [3.8, 4) is 5.75 Å². The molecule has 2 aromatic carbocycles. The van der Waals surface area contributed by atoms with Crippen molar-refractivity contribution in [1.29, 1.82) is 0 Å². The Morgan fingerprint density at radius 2 is 1.96 bits per heavy atom. The van der Waals surface area contributed by atoms with Crippen molar-refractivity contribution in [2.24, 2.45) is 0 Å². The van der Waals surface area contributed by atoms with E-state index in [0.717, 1.165) is 12.1 Å². The van der Waals surface area contributed by atoms with Gasteiger partial charge in [0.2, 0.25) is 5.91 Å². The van der Waals surface area contributed by atoms with Crippen molar-refractivity contribution < 1.29 is 37.5 Å². The lowest BCUT2D eigenvalue weighted by atomic mass is 10.0. The highest BCUT2D eigenvalue weighted by Gasteiger charge is 2.19. The van der Waals surface area contributed by atoms with Crippen LogP contribution in [-0.4, -0.2) is 29.2 Å². The summed E-state index contributed by atoms with van der Waals surface area (Å²) in [7, 11) is -4.54. The van der Waals surface area contributed by atoms with Crippen molar-refractivity contribution in [2.75, 3.05) is 5.32 Å². The molecule has 2 rings (SSSR count). The Kier molecular flexibility index (Phi) is 5.32. The van der Waals surface area contributed by atoms with Crippen LogP contribution in [0.2, 0.25) is 0 Å². The summed E-state index contributed by atoms with van der Waals surface area (Å²) >= 11 is 0.578. The van der Waals surface area contributed by atoms with Gasteiger partial charge in [-0.15, -0.1) is 4.33 Å². The van der Waals surface area contributed by atoms with Gasteiger partial charge in [-0.2, -0.15) is 8.42 Å². The second kappa shape index (κ2) is 6.93. The number of rotatable bonds is 5. The van der Waals surface area contributed by atoms with Gasteiger partial charge in [0.05, 0.1) is 22.6 Å². The first-order chi connectivity index (χ1) is 11.1. The van der Waals surface area contributed by atoms with E-state index in [2.05, 4.69) is 14.7 Å². The Morgan fingerprint density at radius 3 is 2.50 bits per heavy atom. The smallest absolute Gasteiger partial charge is 0.294 e. The lowest BCUT2D eigenvalue weighted by Crippen LogP contribution is -2.08. The molecule has 24 heavy (non-hydrogen) atoms.